The molecular weight excluding hydrogens is 188 g/mol. The first-order valence-corrected chi connectivity index (χ1v) is 4.21. The summed E-state index contributed by atoms with van der Waals surface area (Å²) in [5.41, 5.74) is 7.47. The largest absolute Gasteiger partial charge is 0.398 e. The van der Waals surface area contributed by atoms with Gasteiger partial charge in [0.1, 0.15) is 0 Å². The number of carbonyl (C=O) groups is 1. The molecule has 0 aliphatic heterocycles. The van der Waals surface area contributed by atoms with Gasteiger partial charge in [0.2, 0.25) is 0 Å². The van der Waals surface area contributed by atoms with E-state index in [1.807, 2.05) is 6.92 Å². The Kier molecular flexibility index (Phi) is 2.78. The summed E-state index contributed by atoms with van der Waals surface area (Å²) in [4.78, 5) is 11.2. The Morgan fingerprint density at radius 1 is 1.54 bits per heavy atom. The van der Waals surface area contributed by atoms with Crippen LogP contribution in [0.3, 0.4) is 0 Å². The molecule has 0 aromatic heterocycles. The van der Waals surface area contributed by atoms with E-state index in [1.54, 1.807) is 19.2 Å². The molecule has 1 amide bonds. The van der Waals surface area contributed by atoms with E-state index in [9.17, 15) is 4.79 Å². The van der Waals surface area contributed by atoms with Crippen LogP contribution in [0.2, 0.25) is 5.02 Å². The molecule has 3 nitrogen and oxygen atoms in total. The van der Waals surface area contributed by atoms with E-state index < -0.39 is 0 Å². The lowest BCUT2D eigenvalue weighted by Crippen LogP contribution is -2.18. The molecule has 0 bridgehead atoms. The summed E-state index contributed by atoms with van der Waals surface area (Å²) in [6.45, 7) is 1.81. The fraction of sp³-hybridized carbons (Fsp3) is 0.222. The van der Waals surface area contributed by atoms with E-state index in [2.05, 4.69) is 5.32 Å². The second kappa shape index (κ2) is 3.66. The predicted molar refractivity (Wildman–Crippen MR) is 54.0 cm³/mol. The molecule has 0 atom stereocenters. The number of nitrogens with two attached hydrogens (primary N) is 1. The van der Waals surface area contributed by atoms with Crippen molar-refractivity contribution in [2.75, 3.05) is 12.8 Å². The van der Waals surface area contributed by atoms with Gasteiger partial charge < -0.3 is 11.1 Å². The normalized spacial score (nSPS) is 9.77. The van der Waals surface area contributed by atoms with Crippen LogP contribution in [0.4, 0.5) is 5.69 Å². The van der Waals surface area contributed by atoms with Crippen LogP contribution in [0, 0.1) is 6.92 Å². The maximum atomic E-state index is 11.2. The summed E-state index contributed by atoms with van der Waals surface area (Å²) < 4.78 is 0. The summed E-state index contributed by atoms with van der Waals surface area (Å²) in [7, 11) is 1.56. The van der Waals surface area contributed by atoms with Gasteiger partial charge in [-0.3, -0.25) is 4.79 Å². The van der Waals surface area contributed by atoms with Crippen LogP contribution in [0.15, 0.2) is 12.1 Å². The fourth-order valence-electron chi connectivity index (χ4n) is 0.976. The highest BCUT2D eigenvalue weighted by molar-refractivity contribution is 6.32. The number of benzene rings is 1. The lowest BCUT2D eigenvalue weighted by Gasteiger charge is -2.06. The number of nitrogen functional groups attached to an aromatic ring is 1. The van der Waals surface area contributed by atoms with Crippen LogP contribution in [0.25, 0.3) is 0 Å². The van der Waals surface area contributed by atoms with Gasteiger partial charge in [0, 0.05) is 23.3 Å². The molecule has 13 heavy (non-hydrogen) atoms. The summed E-state index contributed by atoms with van der Waals surface area (Å²) >= 11 is 5.86. The van der Waals surface area contributed by atoms with Crippen molar-refractivity contribution in [2.45, 2.75) is 6.92 Å². The number of rotatable bonds is 1. The first-order chi connectivity index (χ1) is 6.06. The Hall–Kier alpha value is -1.22. The van der Waals surface area contributed by atoms with E-state index in [0.29, 0.717) is 16.3 Å². The number of halogens is 1. The van der Waals surface area contributed by atoms with Crippen molar-refractivity contribution in [2.24, 2.45) is 0 Å². The Bertz CT molecular complexity index is 326. The minimum atomic E-state index is -0.186. The van der Waals surface area contributed by atoms with Gasteiger partial charge in [-0.05, 0) is 24.6 Å². The van der Waals surface area contributed by atoms with Crippen molar-refractivity contribution >= 4 is 23.2 Å². The maximum absolute atomic E-state index is 11.2. The molecule has 1 aromatic rings. The van der Waals surface area contributed by atoms with Crippen molar-refractivity contribution in [1.82, 2.24) is 5.32 Å². The van der Waals surface area contributed by atoms with Gasteiger partial charge in [-0.15, -0.1) is 0 Å². The van der Waals surface area contributed by atoms with Crippen LogP contribution in [-0.4, -0.2) is 13.0 Å². The Balaban J connectivity index is 3.20. The zero-order valence-electron chi connectivity index (χ0n) is 7.52. The summed E-state index contributed by atoms with van der Waals surface area (Å²) in [5, 5.41) is 3.01. The molecule has 0 fully saturated rings. The van der Waals surface area contributed by atoms with Crippen molar-refractivity contribution in [3.63, 3.8) is 0 Å². The number of hydrogen-bond acceptors (Lipinski definition) is 2. The average molecular weight is 199 g/mol. The Morgan fingerprint density at radius 2 is 2.15 bits per heavy atom. The molecule has 70 valence electrons. The second-order valence-electron chi connectivity index (χ2n) is 2.75. The molecule has 0 aliphatic carbocycles. The molecule has 0 saturated heterocycles. The third-order valence-electron chi connectivity index (χ3n) is 1.87. The Morgan fingerprint density at radius 3 is 2.62 bits per heavy atom. The van der Waals surface area contributed by atoms with Crippen LogP contribution in [-0.2, 0) is 0 Å². The number of hydrogen-bond donors (Lipinski definition) is 2. The smallest absolute Gasteiger partial charge is 0.251 e. The van der Waals surface area contributed by atoms with Gasteiger partial charge in [-0.1, -0.05) is 11.6 Å². The third-order valence-corrected chi connectivity index (χ3v) is 2.27. The number of amides is 1. The second-order valence-corrected chi connectivity index (χ2v) is 3.16. The first kappa shape index (κ1) is 9.86. The quantitative estimate of drug-likeness (QED) is 0.674. The minimum Gasteiger partial charge on any atom is -0.398 e. The Labute approximate surface area is 81.9 Å². The highest BCUT2D eigenvalue weighted by Crippen LogP contribution is 2.23. The monoisotopic (exact) mass is 198 g/mol. The topological polar surface area (TPSA) is 55.1 Å². The molecule has 4 heteroatoms. The zero-order chi connectivity index (χ0) is 10.0. The van der Waals surface area contributed by atoms with Crippen LogP contribution in [0.1, 0.15) is 15.9 Å². The van der Waals surface area contributed by atoms with Crippen LogP contribution < -0.4 is 11.1 Å². The van der Waals surface area contributed by atoms with Gasteiger partial charge >= 0.3 is 0 Å². The van der Waals surface area contributed by atoms with E-state index in [-0.39, 0.29) is 5.91 Å². The van der Waals surface area contributed by atoms with Crippen molar-refractivity contribution in [3.8, 4) is 0 Å². The van der Waals surface area contributed by atoms with Gasteiger partial charge in [0.25, 0.3) is 5.91 Å². The lowest BCUT2D eigenvalue weighted by molar-refractivity contribution is 0.0963. The molecule has 0 aliphatic rings. The van der Waals surface area contributed by atoms with E-state index in [1.165, 1.54) is 0 Å². The van der Waals surface area contributed by atoms with Gasteiger partial charge in [0.15, 0.2) is 0 Å². The van der Waals surface area contributed by atoms with Crippen molar-refractivity contribution in [1.29, 1.82) is 0 Å². The molecule has 0 saturated carbocycles. The highest BCUT2D eigenvalue weighted by Gasteiger charge is 2.07. The molecule has 0 spiro atoms. The number of anilines is 1. The van der Waals surface area contributed by atoms with Gasteiger partial charge in [0.05, 0.1) is 0 Å². The molecule has 1 rings (SSSR count). The number of carbonyl (C=O) groups excluding carboxylic acids is 1. The molecule has 0 heterocycles. The molecule has 0 radical (unpaired) electrons. The van der Waals surface area contributed by atoms with Gasteiger partial charge in [-0.2, -0.15) is 0 Å². The SMILES string of the molecule is CNC(=O)c1cc(N)c(C)c(Cl)c1. The van der Waals surface area contributed by atoms with E-state index in [4.69, 9.17) is 17.3 Å². The predicted octanol–water partition coefficient (Wildman–Crippen LogP) is 1.59. The average Bonchev–Trinajstić information content (AvgIpc) is 2.12. The fourth-order valence-corrected chi connectivity index (χ4v) is 1.20. The minimum absolute atomic E-state index is 0.186. The van der Waals surface area contributed by atoms with Gasteiger partial charge in [-0.25, -0.2) is 0 Å². The summed E-state index contributed by atoms with van der Waals surface area (Å²) in [6, 6.07) is 3.21. The standard InChI is InChI=1S/C9H11ClN2O/c1-5-7(10)3-6(4-8(5)11)9(13)12-2/h3-4H,11H2,1-2H3,(H,12,13). The van der Waals surface area contributed by atoms with Crippen molar-refractivity contribution in [3.05, 3.63) is 28.3 Å². The summed E-state index contributed by atoms with van der Waals surface area (Å²) in [5.74, 6) is -0.186. The molecule has 3 N–H and O–H groups in total. The molecular formula is C9H11ClN2O. The lowest BCUT2D eigenvalue weighted by atomic mass is 10.1. The highest BCUT2D eigenvalue weighted by atomic mass is 35.5. The van der Waals surface area contributed by atoms with Crippen LogP contribution >= 0.6 is 11.6 Å². The first-order valence-electron chi connectivity index (χ1n) is 3.84. The number of nitrogens with one attached hydrogen (secondary N) is 1. The summed E-state index contributed by atoms with van der Waals surface area (Å²) in [6.07, 6.45) is 0. The van der Waals surface area contributed by atoms with Crippen molar-refractivity contribution < 1.29 is 4.79 Å². The van der Waals surface area contributed by atoms with E-state index >= 15 is 0 Å². The molecule has 1 aromatic carbocycles. The molecule has 0 unspecified atom stereocenters. The third kappa shape index (κ3) is 1.92. The van der Waals surface area contributed by atoms with E-state index in [0.717, 1.165) is 5.56 Å². The van der Waals surface area contributed by atoms with Crippen LogP contribution in [0.5, 0.6) is 0 Å². The maximum Gasteiger partial charge on any atom is 0.251 e. The zero-order valence-corrected chi connectivity index (χ0v) is 8.27.